The molecule has 0 aliphatic rings. The van der Waals surface area contributed by atoms with Crippen LogP contribution in [0.15, 0.2) is 18.2 Å². The molecule has 0 atom stereocenters. The van der Waals surface area contributed by atoms with E-state index in [-0.39, 0.29) is 11.8 Å². The summed E-state index contributed by atoms with van der Waals surface area (Å²) >= 11 is 0. The maximum absolute atomic E-state index is 10.4. The third-order valence-corrected chi connectivity index (χ3v) is 2.78. The minimum Gasteiger partial charge on any atom is -0.496 e. The van der Waals surface area contributed by atoms with E-state index >= 15 is 0 Å². The highest BCUT2D eigenvalue weighted by molar-refractivity contribution is 5.66. The number of carboxylic acid groups (broad SMARTS) is 1. The molecule has 1 rings (SSSR count). The summed E-state index contributed by atoms with van der Waals surface area (Å²) in [6.45, 7) is 6.76. The van der Waals surface area contributed by atoms with Crippen LogP contribution < -0.4 is 9.47 Å². The second-order valence-corrected chi connectivity index (χ2v) is 5.46. The highest BCUT2D eigenvalue weighted by Crippen LogP contribution is 2.33. The number of carboxylic acids is 1. The molecule has 0 aliphatic heterocycles. The van der Waals surface area contributed by atoms with Crippen molar-refractivity contribution in [3.8, 4) is 11.5 Å². The SMILES string of the molecule is COc1cc(OCCCC(=O)O)ccc1C(C)(C)C. The van der Waals surface area contributed by atoms with Crippen molar-refractivity contribution in [2.24, 2.45) is 0 Å². The molecule has 0 radical (unpaired) electrons. The average molecular weight is 266 g/mol. The van der Waals surface area contributed by atoms with E-state index in [4.69, 9.17) is 14.6 Å². The molecule has 1 aromatic carbocycles. The lowest BCUT2D eigenvalue weighted by molar-refractivity contribution is -0.137. The van der Waals surface area contributed by atoms with Crippen LogP contribution in [0.2, 0.25) is 0 Å². The monoisotopic (exact) mass is 266 g/mol. The van der Waals surface area contributed by atoms with Crippen LogP contribution in [0.25, 0.3) is 0 Å². The molecule has 1 N–H and O–H groups in total. The summed E-state index contributed by atoms with van der Waals surface area (Å²) in [6.07, 6.45) is 0.621. The molecule has 0 heterocycles. The van der Waals surface area contributed by atoms with Gasteiger partial charge in [0.25, 0.3) is 0 Å². The van der Waals surface area contributed by atoms with Crippen molar-refractivity contribution in [1.82, 2.24) is 0 Å². The molecule has 0 spiro atoms. The van der Waals surface area contributed by atoms with Gasteiger partial charge in [-0.05, 0) is 23.5 Å². The molecular weight excluding hydrogens is 244 g/mol. The molecule has 19 heavy (non-hydrogen) atoms. The lowest BCUT2D eigenvalue weighted by Crippen LogP contribution is -2.13. The van der Waals surface area contributed by atoms with E-state index in [1.54, 1.807) is 7.11 Å². The third-order valence-electron chi connectivity index (χ3n) is 2.78. The van der Waals surface area contributed by atoms with Gasteiger partial charge in [-0.15, -0.1) is 0 Å². The number of aliphatic carboxylic acids is 1. The van der Waals surface area contributed by atoms with Crippen molar-refractivity contribution < 1.29 is 19.4 Å². The second kappa shape index (κ2) is 6.45. The molecular formula is C15H22O4. The molecule has 0 unspecified atom stereocenters. The Balaban J connectivity index is 2.69. The number of carbonyl (C=O) groups is 1. The first-order valence-corrected chi connectivity index (χ1v) is 6.37. The number of hydrogen-bond donors (Lipinski definition) is 1. The Morgan fingerprint density at radius 1 is 1.32 bits per heavy atom. The van der Waals surface area contributed by atoms with Gasteiger partial charge in [0.15, 0.2) is 0 Å². The Morgan fingerprint density at radius 3 is 2.53 bits per heavy atom. The van der Waals surface area contributed by atoms with Crippen LogP contribution in [0.4, 0.5) is 0 Å². The average Bonchev–Trinajstić information content (AvgIpc) is 2.32. The predicted octanol–water partition coefficient (Wildman–Crippen LogP) is 3.24. The molecule has 4 heteroatoms. The minimum atomic E-state index is -0.802. The first-order chi connectivity index (χ1) is 8.84. The maximum atomic E-state index is 10.4. The van der Waals surface area contributed by atoms with Crippen LogP contribution in [0, 0.1) is 0 Å². The Kier molecular flexibility index (Phi) is 5.21. The highest BCUT2D eigenvalue weighted by atomic mass is 16.5. The zero-order valence-corrected chi connectivity index (χ0v) is 12.0. The van der Waals surface area contributed by atoms with Crippen LogP contribution in [-0.4, -0.2) is 24.8 Å². The highest BCUT2D eigenvalue weighted by Gasteiger charge is 2.19. The predicted molar refractivity (Wildman–Crippen MR) is 74.1 cm³/mol. The first kappa shape index (κ1) is 15.3. The molecule has 1 aromatic rings. The number of benzene rings is 1. The number of rotatable bonds is 6. The van der Waals surface area contributed by atoms with E-state index in [1.165, 1.54) is 0 Å². The summed E-state index contributed by atoms with van der Waals surface area (Å²) in [4.78, 5) is 10.4. The van der Waals surface area contributed by atoms with Gasteiger partial charge < -0.3 is 14.6 Å². The largest absolute Gasteiger partial charge is 0.496 e. The minimum absolute atomic E-state index is 0.00712. The molecule has 4 nitrogen and oxygen atoms in total. The summed E-state index contributed by atoms with van der Waals surface area (Å²) in [5, 5.41) is 8.54. The Labute approximate surface area is 114 Å². The van der Waals surface area contributed by atoms with Crippen molar-refractivity contribution in [3.63, 3.8) is 0 Å². The molecule has 0 fully saturated rings. The Bertz CT molecular complexity index is 432. The maximum Gasteiger partial charge on any atom is 0.303 e. The summed E-state index contributed by atoms with van der Waals surface area (Å²) in [5.74, 6) is 0.697. The van der Waals surface area contributed by atoms with Crippen LogP contribution in [0.3, 0.4) is 0 Å². The zero-order chi connectivity index (χ0) is 14.5. The zero-order valence-electron chi connectivity index (χ0n) is 12.0. The lowest BCUT2D eigenvalue weighted by Gasteiger charge is -2.22. The van der Waals surface area contributed by atoms with Gasteiger partial charge >= 0.3 is 5.97 Å². The van der Waals surface area contributed by atoms with Gasteiger partial charge in [0.1, 0.15) is 11.5 Å². The summed E-state index contributed by atoms with van der Waals surface area (Å²) in [6, 6.07) is 5.73. The number of hydrogen-bond acceptors (Lipinski definition) is 3. The Hall–Kier alpha value is -1.71. The van der Waals surface area contributed by atoms with Gasteiger partial charge in [-0.2, -0.15) is 0 Å². The first-order valence-electron chi connectivity index (χ1n) is 6.37. The number of ether oxygens (including phenoxy) is 2. The van der Waals surface area contributed by atoms with Gasteiger partial charge in [-0.25, -0.2) is 0 Å². The van der Waals surface area contributed by atoms with Crippen LogP contribution in [-0.2, 0) is 10.2 Å². The van der Waals surface area contributed by atoms with Gasteiger partial charge in [0.05, 0.1) is 13.7 Å². The second-order valence-electron chi connectivity index (χ2n) is 5.46. The van der Waals surface area contributed by atoms with Crippen LogP contribution >= 0.6 is 0 Å². The summed E-state index contributed by atoms with van der Waals surface area (Å²) in [5.41, 5.74) is 1.13. The fourth-order valence-corrected chi connectivity index (χ4v) is 1.79. The van der Waals surface area contributed by atoms with Crippen molar-refractivity contribution in [2.75, 3.05) is 13.7 Å². The van der Waals surface area contributed by atoms with Crippen LogP contribution in [0.5, 0.6) is 11.5 Å². The van der Waals surface area contributed by atoms with Crippen molar-refractivity contribution >= 4 is 5.97 Å². The quantitative estimate of drug-likeness (QED) is 0.803. The fraction of sp³-hybridized carbons (Fsp3) is 0.533. The van der Waals surface area contributed by atoms with Gasteiger partial charge in [-0.3, -0.25) is 4.79 Å². The van der Waals surface area contributed by atoms with Crippen molar-refractivity contribution in [1.29, 1.82) is 0 Å². The summed E-state index contributed by atoms with van der Waals surface area (Å²) < 4.78 is 10.9. The fourth-order valence-electron chi connectivity index (χ4n) is 1.79. The topological polar surface area (TPSA) is 55.8 Å². The number of methoxy groups -OCH3 is 1. The molecule has 0 aromatic heterocycles. The molecule has 0 amide bonds. The molecule has 106 valence electrons. The lowest BCUT2D eigenvalue weighted by atomic mass is 9.86. The smallest absolute Gasteiger partial charge is 0.303 e. The van der Waals surface area contributed by atoms with Gasteiger partial charge in [0.2, 0.25) is 0 Å². The molecule has 0 aliphatic carbocycles. The van der Waals surface area contributed by atoms with E-state index in [2.05, 4.69) is 20.8 Å². The standard InChI is InChI=1S/C15H22O4/c1-15(2,3)12-8-7-11(10-13(12)18-4)19-9-5-6-14(16)17/h7-8,10H,5-6,9H2,1-4H3,(H,16,17). The third kappa shape index (κ3) is 4.81. The van der Waals surface area contributed by atoms with E-state index in [0.29, 0.717) is 18.8 Å². The van der Waals surface area contributed by atoms with Gasteiger partial charge in [0, 0.05) is 12.5 Å². The van der Waals surface area contributed by atoms with E-state index in [0.717, 1.165) is 11.3 Å². The van der Waals surface area contributed by atoms with E-state index < -0.39 is 5.97 Å². The van der Waals surface area contributed by atoms with Crippen molar-refractivity contribution in [2.45, 2.75) is 39.0 Å². The summed E-state index contributed by atoms with van der Waals surface area (Å²) in [7, 11) is 1.64. The van der Waals surface area contributed by atoms with Crippen LogP contribution in [0.1, 0.15) is 39.2 Å². The molecule has 0 saturated heterocycles. The van der Waals surface area contributed by atoms with E-state index in [9.17, 15) is 4.79 Å². The Morgan fingerprint density at radius 2 is 2.00 bits per heavy atom. The molecule has 0 bridgehead atoms. The normalized spacial score (nSPS) is 11.2. The van der Waals surface area contributed by atoms with Gasteiger partial charge in [-0.1, -0.05) is 26.8 Å². The van der Waals surface area contributed by atoms with Crippen molar-refractivity contribution in [3.05, 3.63) is 23.8 Å². The van der Waals surface area contributed by atoms with E-state index in [1.807, 2.05) is 18.2 Å². The molecule has 0 saturated carbocycles.